The van der Waals surface area contributed by atoms with E-state index in [9.17, 15) is 0 Å². The molecule has 21 heavy (non-hydrogen) atoms. The molecule has 1 aliphatic carbocycles. The summed E-state index contributed by atoms with van der Waals surface area (Å²) in [6.45, 7) is 8.11. The van der Waals surface area contributed by atoms with E-state index in [0.717, 1.165) is 29.8 Å². The number of allylic oxidation sites excluding steroid dienone is 3. The largest absolute Gasteiger partial charge is 0.260 e. The van der Waals surface area contributed by atoms with E-state index in [2.05, 4.69) is 42.8 Å². The van der Waals surface area contributed by atoms with Crippen LogP contribution in [0.4, 0.5) is 0 Å². The van der Waals surface area contributed by atoms with Crippen LogP contribution in [0.3, 0.4) is 0 Å². The molecule has 0 bridgehead atoms. The van der Waals surface area contributed by atoms with Crippen LogP contribution in [0.1, 0.15) is 48.7 Å². The van der Waals surface area contributed by atoms with E-state index < -0.39 is 0 Å². The van der Waals surface area contributed by atoms with Gasteiger partial charge in [-0.05, 0) is 61.0 Å². The molecule has 2 nitrogen and oxygen atoms in total. The van der Waals surface area contributed by atoms with Crippen LogP contribution in [0.5, 0.6) is 0 Å². The molecule has 1 aliphatic rings. The molecule has 0 saturated heterocycles. The van der Waals surface area contributed by atoms with Gasteiger partial charge in [-0.25, -0.2) is 4.98 Å². The molecule has 106 valence electrons. The van der Waals surface area contributed by atoms with Crippen LogP contribution in [0.15, 0.2) is 43.2 Å². The Morgan fingerprint density at radius 1 is 1.10 bits per heavy atom. The summed E-state index contributed by atoms with van der Waals surface area (Å²) in [5, 5.41) is 0. The van der Waals surface area contributed by atoms with Crippen molar-refractivity contribution in [2.24, 2.45) is 0 Å². The van der Waals surface area contributed by atoms with Gasteiger partial charge in [0.15, 0.2) is 0 Å². The first kappa shape index (κ1) is 13.7. The molecular weight excluding hydrogens is 256 g/mol. The van der Waals surface area contributed by atoms with E-state index in [0.29, 0.717) is 0 Å². The second-order valence-electron chi connectivity index (χ2n) is 5.70. The number of hydrogen-bond donors (Lipinski definition) is 0. The van der Waals surface area contributed by atoms with Gasteiger partial charge in [-0.1, -0.05) is 30.8 Å². The summed E-state index contributed by atoms with van der Waals surface area (Å²) in [4.78, 5) is 9.08. The van der Waals surface area contributed by atoms with Gasteiger partial charge < -0.3 is 0 Å². The molecular formula is C19H20N2. The summed E-state index contributed by atoms with van der Waals surface area (Å²) < 4.78 is 0. The maximum atomic E-state index is 4.74. The van der Waals surface area contributed by atoms with Gasteiger partial charge in [0.25, 0.3) is 0 Å². The minimum Gasteiger partial charge on any atom is -0.260 e. The van der Waals surface area contributed by atoms with Crippen molar-refractivity contribution in [2.45, 2.75) is 33.1 Å². The number of benzene rings is 1. The lowest BCUT2D eigenvalue weighted by Gasteiger charge is -2.11. The summed E-state index contributed by atoms with van der Waals surface area (Å²) in [5.74, 6) is 0. The molecule has 0 aliphatic heterocycles. The van der Waals surface area contributed by atoms with E-state index in [-0.39, 0.29) is 0 Å². The highest BCUT2D eigenvalue weighted by molar-refractivity contribution is 5.92. The summed E-state index contributed by atoms with van der Waals surface area (Å²) >= 11 is 0. The third-order valence-corrected chi connectivity index (χ3v) is 4.07. The Hall–Kier alpha value is -2.22. The fourth-order valence-corrected chi connectivity index (χ4v) is 2.95. The highest BCUT2D eigenvalue weighted by Crippen LogP contribution is 2.40. The summed E-state index contributed by atoms with van der Waals surface area (Å²) in [6.07, 6.45) is 7.06. The summed E-state index contributed by atoms with van der Waals surface area (Å²) in [6, 6.07) is 8.59. The van der Waals surface area contributed by atoms with E-state index >= 15 is 0 Å². The molecule has 0 unspecified atom stereocenters. The molecule has 0 atom stereocenters. The zero-order valence-electron chi connectivity index (χ0n) is 12.7. The SMILES string of the molecule is C=C(C)c1cncc(C2=C(c3ccccc3C)CCC2)n1. The minimum atomic E-state index is 0.885. The van der Waals surface area contributed by atoms with Gasteiger partial charge in [-0.3, -0.25) is 4.98 Å². The average molecular weight is 276 g/mol. The molecule has 1 heterocycles. The number of nitrogens with zero attached hydrogens (tertiary/aromatic N) is 2. The average Bonchev–Trinajstić information content (AvgIpc) is 2.97. The molecule has 0 amide bonds. The molecule has 1 aromatic heterocycles. The zero-order chi connectivity index (χ0) is 14.8. The van der Waals surface area contributed by atoms with Gasteiger partial charge in [0.05, 0.1) is 23.8 Å². The molecule has 0 N–H and O–H groups in total. The molecule has 2 heteroatoms. The first-order chi connectivity index (χ1) is 10.2. The van der Waals surface area contributed by atoms with Crippen molar-refractivity contribution >= 4 is 16.7 Å². The topological polar surface area (TPSA) is 25.8 Å². The Bertz CT molecular complexity index is 726. The maximum absolute atomic E-state index is 4.74. The summed E-state index contributed by atoms with van der Waals surface area (Å²) in [5.41, 5.74) is 8.31. The Morgan fingerprint density at radius 2 is 1.86 bits per heavy atom. The number of rotatable bonds is 3. The van der Waals surface area contributed by atoms with Crippen LogP contribution in [0.25, 0.3) is 16.7 Å². The smallest absolute Gasteiger partial charge is 0.0855 e. The molecule has 0 spiro atoms. The Balaban J connectivity index is 2.11. The fourth-order valence-electron chi connectivity index (χ4n) is 2.95. The zero-order valence-corrected chi connectivity index (χ0v) is 12.7. The lowest BCUT2D eigenvalue weighted by atomic mass is 9.96. The number of aromatic nitrogens is 2. The monoisotopic (exact) mass is 276 g/mol. The molecule has 1 aromatic carbocycles. The first-order valence-electron chi connectivity index (χ1n) is 7.43. The van der Waals surface area contributed by atoms with Gasteiger partial charge in [-0.15, -0.1) is 0 Å². The van der Waals surface area contributed by atoms with Gasteiger partial charge >= 0.3 is 0 Å². The van der Waals surface area contributed by atoms with E-state index in [1.807, 2.05) is 13.1 Å². The van der Waals surface area contributed by atoms with E-state index in [1.54, 1.807) is 6.20 Å². The number of hydrogen-bond acceptors (Lipinski definition) is 2. The molecule has 0 fully saturated rings. The predicted octanol–water partition coefficient (Wildman–Crippen LogP) is 4.91. The van der Waals surface area contributed by atoms with Gasteiger partial charge in [0, 0.05) is 0 Å². The molecule has 3 rings (SSSR count). The number of aryl methyl sites for hydroxylation is 1. The quantitative estimate of drug-likeness (QED) is 0.795. The van der Waals surface area contributed by atoms with Crippen LogP contribution in [-0.4, -0.2) is 9.97 Å². The van der Waals surface area contributed by atoms with E-state index in [4.69, 9.17) is 4.98 Å². The van der Waals surface area contributed by atoms with Crippen molar-refractivity contribution in [3.63, 3.8) is 0 Å². The van der Waals surface area contributed by atoms with Crippen molar-refractivity contribution in [3.05, 3.63) is 65.8 Å². The van der Waals surface area contributed by atoms with Crippen molar-refractivity contribution in [3.8, 4) is 0 Å². The van der Waals surface area contributed by atoms with Gasteiger partial charge in [-0.2, -0.15) is 0 Å². The van der Waals surface area contributed by atoms with Crippen molar-refractivity contribution in [1.82, 2.24) is 9.97 Å². The normalized spacial score (nSPS) is 14.6. The molecule has 0 saturated carbocycles. The highest BCUT2D eigenvalue weighted by atomic mass is 14.8. The highest BCUT2D eigenvalue weighted by Gasteiger charge is 2.20. The van der Waals surface area contributed by atoms with Crippen LogP contribution in [0, 0.1) is 6.92 Å². The lowest BCUT2D eigenvalue weighted by Crippen LogP contribution is -1.96. The van der Waals surface area contributed by atoms with Crippen LogP contribution in [0.2, 0.25) is 0 Å². The Kier molecular flexibility index (Phi) is 3.70. The van der Waals surface area contributed by atoms with Crippen molar-refractivity contribution in [2.75, 3.05) is 0 Å². The molecule has 0 radical (unpaired) electrons. The van der Waals surface area contributed by atoms with Crippen LogP contribution < -0.4 is 0 Å². The molecule has 2 aromatic rings. The van der Waals surface area contributed by atoms with E-state index in [1.165, 1.54) is 28.7 Å². The second-order valence-corrected chi connectivity index (χ2v) is 5.70. The Morgan fingerprint density at radius 3 is 2.62 bits per heavy atom. The van der Waals surface area contributed by atoms with Crippen LogP contribution in [-0.2, 0) is 0 Å². The van der Waals surface area contributed by atoms with Crippen LogP contribution >= 0.6 is 0 Å². The lowest BCUT2D eigenvalue weighted by molar-refractivity contribution is 0.936. The third-order valence-electron chi connectivity index (χ3n) is 4.07. The predicted molar refractivity (Wildman–Crippen MR) is 88.6 cm³/mol. The van der Waals surface area contributed by atoms with Crippen molar-refractivity contribution in [1.29, 1.82) is 0 Å². The second kappa shape index (κ2) is 5.65. The maximum Gasteiger partial charge on any atom is 0.0855 e. The van der Waals surface area contributed by atoms with Crippen molar-refractivity contribution < 1.29 is 0 Å². The standard InChI is InChI=1S/C19H20N2/c1-13(2)18-11-20-12-19(21-18)17-10-6-9-16(17)15-8-5-4-7-14(15)3/h4-5,7-8,11-12H,1,6,9-10H2,2-3H3. The summed E-state index contributed by atoms with van der Waals surface area (Å²) in [7, 11) is 0. The third kappa shape index (κ3) is 2.66. The van der Waals surface area contributed by atoms with Gasteiger partial charge in [0.2, 0.25) is 0 Å². The minimum absolute atomic E-state index is 0.885. The Labute approximate surface area is 126 Å². The first-order valence-corrected chi connectivity index (χ1v) is 7.43. The van der Waals surface area contributed by atoms with Gasteiger partial charge in [0.1, 0.15) is 0 Å². The fraction of sp³-hybridized carbons (Fsp3) is 0.263.